The van der Waals surface area contributed by atoms with Gasteiger partial charge >= 0.3 is 0 Å². The van der Waals surface area contributed by atoms with Gasteiger partial charge in [0.05, 0.1) is 27.4 Å². The molecule has 0 saturated heterocycles. The highest BCUT2D eigenvalue weighted by molar-refractivity contribution is 7.90. The first-order valence-electron chi connectivity index (χ1n) is 8.62. The highest BCUT2D eigenvalue weighted by Gasteiger charge is 2.30. The largest absolute Gasteiger partial charge is 0.495 e. The van der Waals surface area contributed by atoms with Crippen LogP contribution in [-0.2, 0) is 20.0 Å². The molecule has 1 aromatic rings. The maximum Gasteiger partial charge on any atom is 0.244 e. The Kier molecular flexibility index (Phi) is 9.11. The summed E-state index contributed by atoms with van der Waals surface area (Å²) in [6.07, 6.45) is 0.658. The Balaban J connectivity index is 3.58. The third kappa shape index (κ3) is 5.78. The average molecular weight is 441 g/mol. The Morgan fingerprint density at radius 1 is 0.821 bits per heavy atom. The van der Waals surface area contributed by atoms with Gasteiger partial charge in [0.25, 0.3) is 0 Å². The summed E-state index contributed by atoms with van der Waals surface area (Å²) >= 11 is 0. The number of rotatable bonds is 12. The van der Waals surface area contributed by atoms with Crippen molar-refractivity contribution in [2.45, 2.75) is 48.6 Å². The van der Waals surface area contributed by atoms with Crippen molar-refractivity contribution >= 4 is 20.0 Å². The lowest BCUT2D eigenvalue weighted by Gasteiger charge is -2.20. The van der Waals surface area contributed by atoms with Crippen molar-refractivity contribution in [2.24, 2.45) is 0 Å². The molecule has 0 heterocycles. The molecule has 0 fully saturated rings. The number of nitrogens with one attached hydrogen (secondary N) is 2. The van der Waals surface area contributed by atoms with Gasteiger partial charge in [-0.05, 0) is 18.9 Å². The van der Waals surface area contributed by atoms with Gasteiger partial charge in [0.2, 0.25) is 20.0 Å². The molecule has 0 unspecified atom stereocenters. The normalized spacial score (nSPS) is 14.5. The first kappa shape index (κ1) is 24.6. The first-order valence-corrected chi connectivity index (χ1v) is 11.6. The Labute approximate surface area is 166 Å². The van der Waals surface area contributed by atoms with Crippen LogP contribution in [0.4, 0.5) is 0 Å². The maximum absolute atomic E-state index is 12.8. The third-order valence-corrected chi connectivity index (χ3v) is 7.18. The molecule has 0 aromatic heterocycles. The van der Waals surface area contributed by atoms with Crippen LogP contribution in [0.5, 0.6) is 11.5 Å². The van der Waals surface area contributed by atoms with Gasteiger partial charge in [-0.15, -0.1) is 0 Å². The monoisotopic (exact) mass is 440 g/mol. The van der Waals surface area contributed by atoms with Crippen molar-refractivity contribution in [3.05, 3.63) is 12.1 Å². The Hall–Kier alpha value is -1.44. The number of benzene rings is 1. The molecule has 0 radical (unpaired) electrons. The number of aliphatic hydroxyl groups is 2. The van der Waals surface area contributed by atoms with Gasteiger partial charge in [-0.3, -0.25) is 0 Å². The zero-order valence-electron chi connectivity index (χ0n) is 16.3. The molecule has 0 amide bonds. The fourth-order valence-electron chi connectivity index (χ4n) is 2.33. The number of methoxy groups -OCH3 is 2. The summed E-state index contributed by atoms with van der Waals surface area (Å²) < 4.78 is 65.8. The highest BCUT2D eigenvalue weighted by atomic mass is 32.2. The summed E-state index contributed by atoms with van der Waals surface area (Å²) in [5.41, 5.74) is 0. The minimum atomic E-state index is -4.21. The van der Waals surface area contributed by atoms with E-state index in [1.165, 1.54) is 14.2 Å². The van der Waals surface area contributed by atoms with E-state index in [0.29, 0.717) is 12.8 Å². The zero-order chi connectivity index (χ0) is 21.5. The summed E-state index contributed by atoms with van der Waals surface area (Å²) in [5, 5.41) is 18.5. The molecule has 0 spiro atoms. The second-order valence-corrected chi connectivity index (χ2v) is 9.34. The van der Waals surface area contributed by atoms with Gasteiger partial charge in [0, 0.05) is 18.2 Å². The van der Waals surface area contributed by atoms with Gasteiger partial charge in [0.15, 0.2) is 0 Å². The molecule has 0 aliphatic rings. The first-order chi connectivity index (χ1) is 13.1. The Morgan fingerprint density at radius 3 is 1.43 bits per heavy atom. The van der Waals surface area contributed by atoms with Crippen molar-refractivity contribution in [3.63, 3.8) is 0 Å². The predicted molar refractivity (Wildman–Crippen MR) is 103 cm³/mol. The molecular weight excluding hydrogens is 412 g/mol. The van der Waals surface area contributed by atoms with Gasteiger partial charge in [-0.2, -0.15) is 0 Å². The van der Waals surface area contributed by atoms with E-state index in [4.69, 9.17) is 9.47 Å². The van der Waals surface area contributed by atoms with Crippen LogP contribution in [-0.4, -0.2) is 66.6 Å². The third-order valence-electron chi connectivity index (χ3n) is 4.10. The lowest BCUT2D eigenvalue weighted by Crippen LogP contribution is -2.38. The fourth-order valence-corrected chi connectivity index (χ4v) is 5.38. The molecule has 2 atom stereocenters. The molecule has 1 aromatic carbocycles. The van der Waals surface area contributed by atoms with E-state index in [9.17, 15) is 27.0 Å². The number of ether oxygens (including phenoxy) is 2. The Bertz CT molecular complexity index is 780. The van der Waals surface area contributed by atoms with E-state index in [2.05, 4.69) is 9.44 Å². The van der Waals surface area contributed by atoms with Crippen LogP contribution in [0.2, 0.25) is 0 Å². The lowest BCUT2D eigenvalue weighted by atomic mass is 10.3. The molecule has 4 N–H and O–H groups in total. The van der Waals surface area contributed by atoms with Crippen molar-refractivity contribution in [1.82, 2.24) is 9.44 Å². The van der Waals surface area contributed by atoms with Gasteiger partial charge in [-0.25, -0.2) is 26.3 Å². The van der Waals surface area contributed by atoms with E-state index in [-0.39, 0.29) is 11.5 Å². The standard InChI is InChI=1S/C16H28N2O8S2/c1-5-11(9-19)17-27(21,22)15-8-16(14(26-4)7-13(15)25-3)28(23,24)18-12(6-2)10-20/h7-8,11-12,17-20H,5-6,9-10H2,1-4H3/t11-,12+. The molecule has 0 saturated carbocycles. The molecule has 162 valence electrons. The molecule has 28 heavy (non-hydrogen) atoms. The van der Waals surface area contributed by atoms with Crippen molar-refractivity contribution in [3.8, 4) is 11.5 Å². The highest BCUT2D eigenvalue weighted by Crippen LogP contribution is 2.35. The summed E-state index contributed by atoms with van der Waals surface area (Å²) in [6.45, 7) is 2.54. The molecule has 10 nitrogen and oxygen atoms in total. The van der Waals surface area contributed by atoms with Crippen molar-refractivity contribution in [2.75, 3.05) is 27.4 Å². The fraction of sp³-hybridized carbons (Fsp3) is 0.625. The number of sulfonamides is 2. The number of hydrogen-bond donors (Lipinski definition) is 4. The molecule has 0 aliphatic heterocycles. The van der Waals surface area contributed by atoms with Crippen molar-refractivity contribution < 1.29 is 36.5 Å². The molecule has 0 aliphatic carbocycles. The molecular formula is C16H28N2O8S2. The lowest BCUT2D eigenvalue weighted by molar-refractivity contribution is 0.253. The quantitative estimate of drug-likeness (QED) is 0.349. The second-order valence-electron chi connectivity index (χ2n) is 5.97. The number of aliphatic hydroxyl groups excluding tert-OH is 2. The van der Waals surface area contributed by atoms with E-state index in [1.54, 1.807) is 13.8 Å². The van der Waals surface area contributed by atoms with Gasteiger partial charge in [0.1, 0.15) is 21.3 Å². The molecule has 1 rings (SSSR count). The van der Waals surface area contributed by atoms with E-state index < -0.39 is 55.1 Å². The van der Waals surface area contributed by atoms with E-state index in [1.807, 2.05) is 0 Å². The van der Waals surface area contributed by atoms with E-state index >= 15 is 0 Å². The average Bonchev–Trinajstić information content (AvgIpc) is 2.68. The minimum absolute atomic E-state index is 0.120. The van der Waals surface area contributed by atoms with Crippen molar-refractivity contribution in [1.29, 1.82) is 0 Å². The SMILES string of the molecule is CC[C@H](CO)NS(=O)(=O)c1cc(S(=O)(=O)N[C@@H](CC)CO)c(OC)cc1OC. The van der Waals surface area contributed by atoms with E-state index in [0.717, 1.165) is 12.1 Å². The van der Waals surface area contributed by atoms with Crippen LogP contribution in [0.25, 0.3) is 0 Å². The number of hydrogen-bond acceptors (Lipinski definition) is 8. The van der Waals surface area contributed by atoms with Crippen LogP contribution in [0.15, 0.2) is 21.9 Å². The zero-order valence-corrected chi connectivity index (χ0v) is 17.9. The second kappa shape index (κ2) is 10.4. The molecule has 12 heteroatoms. The summed E-state index contributed by atoms with van der Waals surface area (Å²) in [4.78, 5) is -0.833. The predicted octanol–water partition coefficient (Wildman–Crippen LogP) is -0.198. The van der Waals surface area contributed by atoms with Crippen LogP contribution in [0, 0.1) is 0 Å². The maximum atomic E-state index is 12.8. The van der Waals surface area contributed by atoms with Crippen LogP contribution < -0.4 is 18.9 Å². The topological polar surface area (TPSA) is 151 Å². The summed E-state index contributed by atoms with van der Waals surface area (Å²) in [5.74, 6) is -0.240. The smallest absolute Gasteiger partial charge is 0.244 e. The van der Waals surface area contributed by atoms with Crippen LogP contribution in [0.1, 0.15) is 26.7 Å². The summed E-state index contributed by atoms with van der Waals surface area (Å²) in [6, 6.07) is 0.599. The summed E-state index contributed by atoms with van der Waals surface area (Å²) in [7, 11) is -5.93. The van der Waals surface area contributed by atoms with Gasteiger partial charge in [-0.1, -0.05) is 13.8 Å². The molecule has 0 bridgehead atoms. The Morgan fingerprint density at radius 2 is 1.18 bits per heavy atom. The minimum Gasteiger partial charge on any atom is -0.495 e. The van der Waals surface area contributed by atoms with Crippen LogP contribution >= 0.6 is 0 Å². The van der Waals surface area contributed by atoms with Crippen LogP contribution in [0.3, 0.4) is 0 Å². The van der Waals surface area contributed by atoms with Gasteiger partial charge < -0.3 is 19.7 Å².